The second-order valence-corrected chi connectivity index (χ2v) is 9.36. The van der Waals surface area contributed by atoms with E-state index in [0.717, 1.165) is 43.7 Å². The number of nitrogens with zero attached hydrogens (tertiary/aromatic N) is 2. The molecule has 3 atom stereocenters. The maximum absolute atomic E-state index is 10.9. The van der Waals surface area contributed by atoms with Gasteiger partial charge in [0, 0.05) is 31.4 Å². The zero-order chi connectivity index (χ0) is 17.6. The molecular formula is C23H36Cl2N2O. The highest BCUT2D eigenvalue weighted by atomic mass is 35.5. The van der Waals surface area contributed by atoms with Gasteiger partial charge in [-0.3, -0.25) is 0 Å². The van der Waals surface area contributed by atoms with Crippen LogP contribution in [0.1, 0.15) is 57.8 Å². The van der Waals surface area contributed by atoms with E-state index in [1.807, 2.05) is 0 Å². The number of likely N-dealkylation sites (tertiary alicyclic amines) is 1. The summed E-state index contributed by atoms with van der Waals surface area (Å²) in [6.07, 6.45) is 11.8. The van der Waals surface area contributed by atoms with E-state index in [0.29, 0.717) is 0 Å². The average molecular weight is 427 g/mol. The van der Waals surface area contributed by atoms with Gasteiger partial charge < -0.3 is 14.9 Å². The van der Waals surface area contributed by atoms with Crippen LogP contribution in [0.2, 0.25) is 0 Å². The van der Waals surface area contributed by atoms with Gasteiger partial charge in [0.1, 0.15) is 0 Å². The molecule has 2 saturated carbocycles. The third kappa shape index (κ3) is 3.80. The Morgan fingerprint density at radius 1 is 0.821 bits per heavy atom. The Labute approximate surface area is 182 Å². The van der Waals surface area contributed by atoms with Gasteiger partial charge in [0.05, 0.1) is 11.6 Å². The first-order valence-corrected chi connectivity index (χ1v) is 11.0. The second-order valence-electron chi connectivity index (χ2n) is 9.36. The van der Waals surface area contributed by atoms with Crippen LogP contribution in [0, 0.1) is 11.8 Å². The maximum Gasteiger partial charge on any atom is 0.0789 e. The van der Waals surface area contributed by atoms with Crippen LogP contribution >= 0.6 is 24.8 Å². The lowest BCUT2D eigenvalue weighted by Gasteiger charge is -2.49. The van der Waals surface area contributed by atoms with Crippen molar-refractivity contribution in [2.24, 2.45) is 11.8 Å². The highest BCUT2D eigenvalue weighted by Crippen LogP contribution is 2.46. The lowest BCUT2D eigenvalue weighted by molar-refractivity contribution is 0.0413. The van der Waals surface area contributed by atoms with E-state index in [1.165, 1.54) is 57.3 Å². The number of aliphatic hydroxyl groups excluding tert-OH is 1. The van der Waals surface area contributed by atoms with Crippen LogP contribution in [0.5, 0.6) is 0 Å². The molecule has 4 aliphatic rings. The molecule has 1 N–H and O–H groups in total. The summed E-state index contributed by atoms with van der Waals surface area (Å²) in [6.45, 7) is 3.34. The predicted molar refractivity (Wildman–Crippen MR) is 121 cm³/mol. The molecule has 4 fully saturated rings. The van der Waals surface area contributed by atoms with Crippen LogP contribution in [0.25, 0.3) is 0 Å². The number of aliphatic hydroxyl groups is 1. The van der Waals surface area contributed by atoms with E-state index in [-0.39, 0.29) is 36.5 Å². The molecule has 28 heavy (non-hydrogen) atoms. The minimum Gasteiger partial charge on any atom is -0.391 e. The molecule has 2 heterocycles. The van der Waals surface area contributed by atoms with Crippen molar-refractivity contribution in [1.82, 2.24) is 4.90 Å². The number of hydrogen-bond acceptors (Lipinski definition) is 3. The van der Waals surface area contributed by atoms with Crippen LogP contribution in [0.3, 0.4) is 0 Å². The minimum absolute atomic E-state index is 0. The second kappa shape index (κ2) is 9.12. The number of para-hydroxylation sites is 1. The Kier molecular flexibility index (Phi) is 7.23. The molecule has 158 valence electrons. The molecule has 5 rings (SSSR count). The lowest BCUT2D eigenvalue weighted by atomic mass is 9.82. The first-order valence-electron chi connectivity index (χ1n) is 11.0. The normalized spacial score (nSPS) is 34.5. The topological polar surface area (TPSA) is 26.7 Å². The van der Waals surface area contributed by atoms with Gasteiger partial charge in [-0.25, -0.2) is 0 Å². The molecule has 3 unspecified atom stereocenters. The summed E-state index contributed by atoms with van der Waals surface area (Å²) in [5.74, 6) is 2.03. The number of fused-ring (bicyclic) bond motifs is 1. The molecule has 1 aromatic rings. The molecule has 2 aliphatic carbocycles. The zero-order valence-electron chi connectivity index (χ0n) is 16.8. The Morgan fingerprint density at radius 3 is 2.04 bits per heavy atom. The molecule has 0 amide bonds. The SMILES string of the molecule is Cl.Cl.OC1CCN(c2ccccc2)C12CCN(C1CC3CCCCC3C1)CC2. The van der Waals surface area contributed by atoms with Crippen molar-refractivity contribution in [3.63, 3.8) is 0 Å². The van der Waals surface area contributed by atoms with Crippen molar-refractivity contribution in [2.45, 2.75) is 75.5 Å². The Hall–Kier alpha value is -0.480. The molecule has 0 aromatic heterocycles. The van der Waals surface area contributed by atoms with Gasteiger partial charge in [0.15, 0.2) is 0 Å². The van der Waals surface area contributed by atoms with Crippen LogP contribution in [0.4, 0.5) is 5.69 Å². The summed E-state index contributed by atoms with van der Waals surface area (Å²) in [5.41, 5.74) is 1.27. The third-order valence-corrected chi connectivity index (χ3v) is 8.25. The van der Waals surface area contributed by atoms with Crippen LogP contribution in [-0.4, -0.2) is 47.3 Å². The lowest BCUT2D eigenvalue weighted by Crippen LogP contribution is -2.58. The highest BCUT2D eigenvalue weighted by molar-refractivity contribution is 5.85. The van der Waals surface area contributed by atoms with Crippen molar-refractivity contribution in [3.05, 3.63) is 30.3 Å². The molecule has 1 aromatic carbocycles. The van der Waals surface area contributed by atoms with Crippen molar-refractivity contribution in [1.29, 1.82) is 0 Å². The molecule has 2 saturated heterocycles. The number of piperidine rings is 1. The third-order valence-electron chi connectivity index (χ3n) is 8.25. The molecule has 0 bridgehead atoms. The number of anilines is 1. The summed E-state index contributed by atoms with van der Waals surface area (Å²) in [7, 11) is 0. The molecule has 2 aliphatic heterocycles. The largest absolute Gasteiger partial charge is 0.391 e. The van der Waals surface area contributed by atoms with E-state index in [1.54, 1.807) is 0 Å². The number of halogens is 2. The van der Waals surface area contributed by atoms with Crippen LogP contribution < -0.4 is 4.90 Å². The van der Waals surface area contributed by atoms with Gasteiger partial charge in [0.25, 0.3) is 0 Å². The van der Waals surface area contributed by atoms with Crippen LogP contribution in [-0.2, 0) is 0 Å². The molecule has 5 heteroatoms. The quantitative estimate of drug-likeness (QED) is 0.727. The summed E-state index contributed by atoms with van der Waals surface area (Å²) in [6, 6.07) is 11.6. The van der Waals surface area contributed by atoms with Gasteiger partial charge in [0.2, 0.25) is 0 Å². The van der Waals surface area contributed by atoms with Gasteiger partial charge in [-0.05, 0) is 56.1 Å². The molecular weight excluding hydrogens is 391 g/mol. The highest BCUT2D eigenvalue weighted by Gasteiger charge is 2.51. The smallest absolute Gasteiger partial charge is 0.0789 e. The molecule has 1 spiro atoms. The van der Waals surface area contributed by atoms with E-state index in [9.17, 15) is 5.11 Å². The summed E-state index contributed by atoms with van der Waals surface area (Å²) < 4.78 is 0. The monoisotopic (exact) mass is 426 g/mol. The predicted octanol–water partition coefficient (Wildman–Crippen LogP) is 4.90. The fourth-order valence-corrected chi connectivity index (χ4v) is 6.79. The number of hydrogen-bond donors (Lipinski definition) is 1. The van der Waals surface area contributed by atoms with E-state index < -0.39 is 0 Å². The number of benzene rings is 1. The van der Waals surface area contributed by atoms with Gasteiger partial charge in [-0.1, -0.05) is 43.9 Å². The first-order chi connectivity index (χ1) is 12.8. The number of rotatable bonds is 2. The fourth-order valence-electron chi connectivity index (χ4n) is 6.79. The van der Waals surface area contributed by atoms with Crippen molar-refractivity contribution >= 4 is 30.5 Å². The summed E-state index contributed by atoms with van der Waals surface area (Å²) >= 11 is 0. The Bertz CT molecular complexity index is 606. The minimum atomic E-state index is -0.170. The van der Waals surface area contributed by atoms with Crippen molar-refractivity contribution in [3.8, 4) is 0 Å². The van der Waals surface area contributed by atoms with E-state index in [2.05, 4.69) is 40.1 Å². The maximum atomic E-state index is 10.9. The van der Waals surface area contributed by atoms with Gasteiger partial charge in [-0.15, -0.1) is 24.8 Å². The first kappa shape index (κ1) is 22.2. The Balaban J connectivity index is 0.00000112. The summed E-state index contributed by atoms with van der Waals surface area (Å²) in [5, 5.41) is 10.9. The molecule has 3 nitrogen and oxygen atoms in total. The van der Waals surface area contributed by atoms with Gasteiger partial charge in [-0.2, -0.15) is 0 Å². The fraction of sp³-hybridized carbons (Fsp3) is 0.739. The van der Waals surface area contributed by atoms with E-state index >= 15 is 0 Å². The molecule has 0 radical (unpaired) electrons. The van der Waals surface area contributed by atoms with Gasteiger partial charge >= 0.3 is 0 Å². The summed E-state index contributed by atoms with van der Waals surface area (Å²) in [4.78, 5) is 5.32. The van der Waals surface area contributed by atoms with Crippen LogP contribution in [0.15, 0.2) is 30.3 Å². The van der Waals surface area contributed by atoms with Crippen molar-refractivity contribution in [2.75, 3.05) is 24.5 Å². The standard InChI is InChI=1S/C23H34N2O.2ClH/c26-22-10-13-25(20-8-2-1-3-9-20)23(22)11-14-24(15-12-23)21-16-18-6-4-5-7-19(18)17-21;;/h1-3,8-9,18-19,21-22,26H,4-7,10-17H2;2*1H. The average Bonchev–Trinajstić information content (AvgIpc) is 3.25. The zero-order valence-corrected chi connectivity index (χ0v) is 18.5. The van der Waals surface area contributed by atoms with E-state index in [4.69, 9.17) is 0 Å². The Morgan fingerprint density at radius 2 is 1.43 bits per heavy atom. The van der Waals surface area contributed by atoms with Crippen molar-refractivity contribution < 1.29 is 5.11 Å².